The van der Waals surface area contributed by atoms with Gasteiger partial charge in [-0.3, -0.25) is 19.2 Å². The van der Waals surface area contributed by atoms with Crippen LogP contribution in [-0.2, 0) is 16.2 Å². The van der Waals surface area contributed by atoms with Gasteiger partial charge in [-0.1, -0.05) is 41.9 Å². The monoisotopic (exact) mass is 678 g/mol. The number of hydrogen-bond donors (Lipinski definition) is 3. The van der Waals surface area contributed by atoms with Gasteiger partial charge >= 0.3 is 0 Å². The van der Waals surface area contributed by atoms with Crippen LogP contribution in [0, 0.1) is 5.82 Å². The van der Waals surface area contributed by atoms with Gasteiger partial charge in [0.25, 0.3) is 11.8 Å². The first-order valence-corrected chi connectivity index (χ1v) is 13.1. The molecule has 0 atom stereocenters. The van der Waals surface area contributed by atoms with Crippen LogP contribution < -0.4 is 16.1 Å². The Hall–Kier alpha value is -3.65. The smallest absolute Gasteiger partial charge is 0.277 e. The van der Waals surface area contributed by atoms with Crippen molar-refractivity contribution in [3.05, 3.63) is 104 Å². The van der Waals surface area contributed by atoms with E-state index in [-0.39, 0.29) is 38.8 Å². The zero-order valence-electron chi connectivity index (χ0n) is 19.8. The van der Waals surface area contributed by atoms with Crippen molar-refractivity contribution in [3.63, 3.8) is 0 Å². The van der Waals surface area contributed by atoms with Gasteiger partial charge in [0.15, 0.2) is 12.4 Å². The Morgan fingerprint density at radius 2 is 1.79 bits per heavy atom. The topological polar surface area (TPSA) is 127 Å². The molecule has 2 heterocycles. The number of amides is 3. The molecular weight excluding hydrogens is 663 g/mol. The number of hydroxylamine groups is 1. The fourth-order valence-electron chi connectivity index (χ4n) is 3.34. The van der Waals surface area contributed by atoms with Crippen molar-refractivity contribution in [1.82, 2.24) is 25.6 Å². The van der Waals surface area contributed by atoms with Crippen LogP contribution in [-0.4, -0.2) is 39.1 Å². The number of carbonyl (C=O) groups excluding carboxylic acids is 3. The van der Waals surface area contributed by atoms with Gasteiger partial charge < -0.3 is 10.6 Å². The highest BCUT2D eigenvalue weighted by atomic mass is 79.9. The van der Waals surface area contributed by atoms with Crippen molar-refractivity contribution >= 4 is 66.9 Å². The molecule has 0 fully saturated rings. The molecule has 0 unspecified atom stereocenters. The Bertz CT molecular complexity index is 1540. The number of nitrogens with one attached hydrogen (secondary N) is 3. The van der Waals surface area contributed by atoms with E-state index >= 15 is 0 Å². The van der Waals surface area contributed by atoms with Crippen LogP contribution in [0.4, 0.5) is 10.1 Å². The molecular formula is C25H18Br2ClFN6O4. The summed E-state index contributed by atoms with van der Waals surface area (Å²) in [6, 6.07) is 15.8. The third-order valence-corrected chi connectivity index (χ3v) is 6.40. The standard InChI is InChI=1S/C25H18Br2ClFN6O4/c26-17-10-15(29)9-16(24(37)34-39-13-21(36)31-12-14-5-2-1-3-6-14)22(17)32-25(38)19-11-20(27)33-35(19)23-18(28)7-4-8-30-23/h1-11H,12-13H2,(H,31,36)(H,32,38)(H,34,37). The molecule has 10 nitrogen and oxygen atoms in total. The van der Waals surface area contributed by atoms with Crippen LogP contribution in [0.15, 0.2) is 75.9 Å². The first-order chi connectivity index (χ1) is 18.7. The average molecular weight is 681 g/mol. The number of pyridine rings is 1. The molecule has 2 aromatic carbocycles. The molecule has 39 heavy (non-hydrogen) atoms. The van der Waals surface area contributed by atoms with E-state index in [2.05, 4.69) is 58.1 Å². The summed E-state index contributed by atoms with van der Waals surface area (Å²) in [5.41, 5.74) is 2.69. The van der Waals surface area contributed by atoms with Crippen molar-refractivity contribution in [3.8, 4) is 5.82 Å². The summed E-state index contributed by atoms with van der Waals surface area (Å²) in [5, 5.41) is 9.68. The predicted octanol–water partition coefficient (Wildman–Crippen LogP) is 4.81. The molecule has 4 aromatic rings. The van der Waals surface area contributed by atoms with Gasteiger partial charge in [0.1, 0.15) is 16.1 Å². The Labute approximate surface area is 243 Å². The minimum Gasteiger partial charge on any atom is -0.350 e. The first kappa shape index (κ1) is 28.4. The number of hydrogen-bond acceptors (Lipinski definition) is 6. The first-order valence-electron chi connectivity index (χ1n) is 11.1. The number of benzene rings is 2. The number of anilines is 1. The number of rotatable bonds is 9. The molecule has 3 amide bonds. The van der Waals surface area contributed by atoms with Crippen LogP contribution in [0.25, 0.3) is 5.82 Å². The molecule has 0 aliphatic carbocycles. The van der Waals surface area contributed by atoms with Gasteiger partial charge in [0.2, 0.25) is 5.91 Å². The summed E-state index contributed by atoms with van der Waals surface area (Å²) in [7, 11) is 0. The molecule has 200 valence electrons. The van der Waals surface area contributed by atoms with Crippen LogP contribution in [0.1, 0.15) is 26.4 Å². The molecule has 3 N–H and O–H groups in total. The molecule has 14 heteroatoms. The van der Waals surface area contributed by atoms with Gasteiger partial charge in [-0.05, 0) is 61.7 Å². The maximum Gasteiger partial charge on any atom is 0.277 e. The normalized spacial score (nSPS) is 10.7. The Morgan fingerprint density at radius 3 is 2.54 bits per heavy atom. The van der Waals surface area contributed by atoms with Crippen molar-refractivity contribution in [2.24, 2.45) is 0 Å². The number of nitrogens with zero attached hydrogens (tertiary/aromatic N) is 3. The summed E-state index contributed by atoms with van der Waals surface area (Å²) in [4.78, 5) is 47.3. The van der Waals surface area contributed by atoms with Crippen LogP contribution in [0.3, 0.4) is 0 Å². The van der Waals surface area contributed by atoms with Crippen molar-refractivity contribution in [2.45, 2.75) is 6.54 Å². The summed E-state index contributed by atoms with van der Waals surface area (Å²) in [6.45, 7) is -0.213. The SMILES string of the molecule is O=C(CONC(=O)c1cc(F)cc(Br)c1NC(=O)c1cc(Br)nn1-c1ncccc1Cl)NCc1ccccc1. The van der Waals surface area contributed by atoms with Crippen LogP contribution in [0.5, 0.6) is 0 Å². The molecule has 0 saturated heterocycles. The Morgan fingerprint density at radius 1 is 1.03 bits per heavy atom. The molecule has 0 aliphatic heterocycles. The zero-order valence-corrected chi connectivity index (χ0v) is 23.7. The summed E-state index contributed by atoms with van der Waals surface area (Å²) >= 11 is 12.6. The predicted molar refractivity (Wildman–Crippen MR) is 148 cm³/mol. The molecule has 0 radical (unpaired) electrons. The van der Waals surface area contributed by atoms with Gasteiger partial charge in [0, 0.05) is 23.3 Å². The lowest BCUT2D eigenvalue weighted by atomic mass is 10.1. The average Bonchev–Trinajstić information content (AvgIpc) is 3.31. The van der Waals surface area contributed by atoms with Gasteiger partial charge in [-0.2, -0.15) is 5.10 Å². The number of carbonyl (C=O) groups is 3. The summed E-state index contributed by atoms with van der Waals surface area (Å²) in [6.07, 6.45) is 1.49. The van der Waals surface area contributed by atoms with Crippen molar-refractivity contribution in [1.29, 1.82) is 0 Å². The van der Waals surface area contributed by atoms with Gasteiger partial charge in [-0.25, -0.2) is 19.5 Å². The third kappa shape index (κ3) is 7.26. The molecule has 2 aromatic heterocycles. The maximum absolute atomic E-state index is 14.2. The largest absolute Gasteiger partial charge is 0.350 e. The highest BCUT2D eigenvalue weighted by Gasteiger charge is 2.23. The Balaban J connectivity index is 1.46. The van der Waals surface area contributed by atoms with Gasteiger partial charge in [0.05, 0.1) is 16.3 Å². The maximum atomic E-state index is 14.2. The van der Waals surface area contributed by atoms with Gasteiger partial charge in [-0.15, -0.1) is 0 Å². The van der Waals surface area contributed by atoms with E-state index in [4.69, 9.17) is 16.4 Å². The summed E-state index contributed by atoms with van der Waals surface area (Å²) < 4.78 is 15.8. The second-order valence-electron chi connectivity index (χ2n) is 7.82. The van der Waals surface area contributed by atoms with E-state index in [1.807, 2.05) is 30.3 Å². The number of aromatic nitrogens is 3. The lowest BCUT2D eigenvalue weighted by Gasteiger charge is -2.14. The fraction of sp³-hybridized carbons (Fsp3) is 0.0800. The fourth-order valence-corrected chi connectivity index (χ4v) is 4.44. The van der Waals surface area contributed by atoms with Crippen molar-refractivity contribution in [2.75, 3.05) is 11.9 Å². The lowest BCUT2D eigenvalue weighted by Crippen LogP contribution is -2.33. The molecule has 0 saturated carbocycles. The van der Waals surface area contributed by atoms with E-state index in [9.17, 15) is 18.8 Å². The van der Waals surface area contributed by atoms with E-state index in [1.54, 1.807) is 12.1 Å². The molecule has 4 rings (SSSR count). The minimum absolute atomic E-state index is 0.0244. The van der Waals surface area contributed by atoms with E-state index < -0.39 is 30.1 Å². The van der Waals surface area contributed by atoms with Crippen LogP contribution in [0.2, 0.25) is 5.02 Å². The highest BCUT2D eigenvalue weighted by molar-refractivity contribution is 9.10. The Kier molecular flexibility index (Phi) is 9.41. The summed E-state index contributed by atoms with van der Waals surface area (Å²) in [5.74, 6) is -2.63. The second kappa shape index (κ2) is 12.9. The van der Waals surface area contributed by atoms with E-state index in [0.717, 1.165) is 17.7 Å². The molecule has 0 bridgehead atoms. The zero-order chi connectivity index (χ0) is 27.9. The lowest BCUT2D eigenvalue weighted by molar-refractivity contribution is -0.127. The molecule has 0 spiro atoms. The second-order valence-corrected chi connectivity index (χ2v) is 9.89. The minimum atomic E-state index is -0.899. The van der Waals surface area contributed by atoms with Crippen molar-refractivity contribution < 1.29 is 23.6 Å². The van der Waals surface area contributed by atoms with Crippen LogP contribution >= 0.6 is 43.5 Å². The van der Waals surface area contributed by atoms with E-state index in [1.165, 1.54) is 16.9 Å². The third-order valence-electron chi connectivity index (χ3n) is 5.09. The number of halogens is 4. The quantitative estimate of drug-likeness (QED) is 0.218. The molecule has 0 aliphatic rings. The van der Waals surface area contributed by atoms with E-state index in [0.29, 0.717) is 4.60 Å². The highest BCUT2D eigenvalue weighted by Crippen LogP contribution is 2.29.